The Morgan fingerprint density at radius 3 is 1.90 bits per heavy atom. The first-order valence-electron chi connectivity index (χ1n) is 13.0. The van der Waals surface area contributed by atoms with E-state index in [4.69, 9.17) is 4.74 Å². The van der Waals surface area contributed by atoms with Gasteiger partial charge < -0.3 is 22.0 Å². The van der Waals surface area contributed by atoms with E-state index in [1.165, 1.54) is 33.7 Å². The summed E-state index contributed by atoms with van der Waals surface area (Å²) in [7, 11) is -3.86. The normalized spacial score (nSPS) is 17.2. The van der Waals surface area contributed by atoms with Crippen LogP contribution in [0.2, 0.25) is 0 Å². The lowest BCUT2D eigenvalue weighted by Crippen LogP contribution is -2.26. The van der Waals surface area contributed by atoms with Gasteiger partial charge in [-0.15, -0.1) is 0 Å². The second-order valence-electron chi connectivity index (χ2n) is 10.5. The second-order valence-corrected chi connectivity index (χ2v) is 10.5. The third kappa shape index (κ3) is 6.89. The number of para-hydroxylation sites is 1. The second kappa shape index (κ2) is 11.5. The molecule has 0 aliphatic carbocycles. The predicted molar refractivity (Wildman–Crippen MR) is 157 cm³/mol. The molecule has 206 valence electrons. The largest absolute Gasteiger partial charge is 0.673 e. The average Bonchev–Trinajstić information content (AvgIpc) is 3.09. The molecule has 0 bridgehead atoms. The fourth-order valence-electron chi connectivity index (χ4n) is 4.91. The average molecular weight is 545 g/mol. The number of ether oxygens (including phenoxy) is 1. The number of halogens is 4. The van der Waals surface area contributed by atoms with Crippen LogP contribution in [0, 0.1) is 13.8 Å². The lowest BCUT2D eigenvalue weighted by Gasteiger charge is -2.18. The van der Waals surface area contributed by atoms with Crippen molar-refractivity contribution in [2.24, 2.45) is 0 Å². The molecule has 0 spiro atoms. The van der Waals surface area contributed by atoms with Gasteiger partial charge in [-0.1, -0.05) is 83.9 Å². The van der Waals surface area contributed by atoms with Gasteiger partial charge >= 0.3 is 7.25 Å². The summed E-state index contributed by atoms with van der Waals surface area (Å²) in [6.45, 7) is 8.79. The summed E-state index contributed by atoms with van der Waals surface area (Å²) in [6, 6.07) is 25.8. The Hall–Kier alpha value is -4.13. The van der Waals surface area contributed by atoms with Gasteiger partial charge in [0.2, 0.25) is 5.69 Å². The highest BCUT2D eigenvalue weighted by Crippen LogP contribution is 2.39. The lowest BCUT2D eigenvalue weighted by atomic mass is 9.81. The van der Waals surface area contributed by atoms with Crippen LogP contribution >= 0.6 is 0 Å². The first-order chi connectivity index (χ1) is 18.8. The number of allylic oxidation sites excluding steroid dienone is 6. The Bertz CT molecular complexity index is 1530. The van der Waals surface area contributed by atoms with Gasteiger partial charge in [0.25, 0.3) is 0 Å². The van der Waals surface area contributed by atoms with E-state index in [1.807, 2.05) is 0 Å². The zero-order valence-corrected chi connectivity index (χ0v) is 23.3. The number of fused-ring (bicyclic) bond motifs is 1. The molecule has 0 radical (unpaired) electrons. The van der Waals surface area contributed by atoms with E-state index in [0.717, 1.165) is 22.7 Å². The van der Waals surface area contributed by atoms with Crippen molar-refractivity contribution in [3.05, 3.63) is 137 Å². The molecule has 0 amide bonds. The highest BCUT2D eigenvalue weighted by atomic mass is 19.5. The molecule has 2 heterocycles. The Balaban J connectivity index is 0.000000681. The van der Waals surface area contributed by atoms with E-state index in [1.54, 1.807) is 0 Å². The monoisotopic (exact) mass is 545 g/mol. The molecule has 0 atom stereocenters. The van der Waals surface area contributed by atoms with Gasteiger partial charge in [0, 0.05) is 23.3 Å². The van der Waals surface area contributed by atoms with Crippen molar-refractivity contribution < 1.29 is 26.6 Å². The molecule has 0 aromatic heterocycles. The SMILES string of the molecule is Cc1ccc(C2=C/C(=C\C=C\C3=[N+](C)c4ccccc4C3(C)C)OC(c3ccc(C)cc3)=C2)cc1.F[B-](F)(F)F. The fraction of sp³-hybridized carbons (Fsp3) is 0.182. The van der Waals surface area contributed by atoms with Crippen molar-refractivity contribution in [1.29, 1.82) is 0 Å². The predicted octanol–water partition coefficient (Wildman–Crippen LogP) is 9.20. The van der Waals surface area contributed by atoms with Crippen molar-refractivity contribution in [3.8, 4) is 0 Å². The summed E-state index contributed by atoms with van der Waals surface area (Å²) in [5.74, 6) is 1.69. The number of hydrogen-bond acceptors (Lipinski definition) is 1. The molecule has 3 aromatic rings. The molecule has 0 saturated heterocycles. The van der Waals surface area contributed by atoms with Gasteiger partial charge in [-0.05, 0) is 57.1 Å². The van der Waals surface area contributed by atoms with Crippen LogP contribution in [-0.2, 0) is 10.2 Å². The Morgan fingerprint density at radius 2 is 1.32 bits per heavy atom. The number of nitrogens with zero attached hydrogens (tertiary/aromatic N) is 1. The van der Waals surface area contributed by atoms with E-state index < -0.39 is 7.25 Å². The van der Waals surface area contributed by atoms with E-state index in [2.05, 4.69) is 142 Å². The number of rotatable bonds is 4. The van der Waals surface area contributed by atoms with Gasteiger partial charge in [0.1, 0.15) is 18.6 Å². The first kappa shape index (κ1) is 28.9. The Kier molecular flexibility index (Phi) is 8.33. The maximum Gasteiger partial charge on any atom is 0.673 e. The van der Waals surface area contributed by atoms with E-state index in [-0.39, 0.29) is 5.41 Å². The van der Waals surface area contributed by atoms with Crippen molar-refractivity contribution in [2.75, 3.05) is 7.05 Å². The molecule has 0 unspecified atom stereocenters. The van der Waals surface area contributed by atoms with Gasteiger partial charge in [-0.25, -0.2) is 0 Å². The summed E-state index contributed by atoms with van der Waals surface area (Å²) in [5.41, 5.74) is 9.73. The summed E-state index contributed by atoms with van der Waals surface area (Å²) in [4.78, 5) is 0. The van der Waals surface area contributed by atoms with Gasteiger partial charge in [-0.2, -0.15) is 4.58 Å². The molecule has 2 aliphatic heterocycles. The van der Waals surface area contributed by atoms with Crippen molar-refractivity contribution in [1.82, 2.24) is 0 Å². The van der Waals surface area contributed by atoms with E-state index in [9.17, 15) is 17.3 Å². The lowest BCUT2D eigenvalue weighted by molar-refractivity contribution is -0.401. The summed E-state index contributed by atoms with van der Waals surface area (Å²) in [5, 5.41) is 0. The maximum atomic E-state index is 9.75. The molecular weight excluding hydrogens is 513 g/mol. The van der Waals surface area contributed by atoms with Gasteiger partial charge in [-0.3, -0.25) is 0 Å². The van der Waals surface area contributed by atoms with Gasteiger partial charge in [0.15, 0.2) is 5.71 Å². The van der Waals surface area contributed by atoms with Crippen LogP contribution in [0.25, 0.3) is 11.3 Å². The summed E-state index contributed by atoms with van der Waals surface area (Å²) < 4.78 is 47.7. The molecular formula is C33H32BF4NO. The molecule has 2 aliphatic rings. The topological polar surface area (TPSA) is 12.2 Å². The maximum absolute atomic E-state index is 9.75. The van der Waals surface area contributed by atoms with E-state index in [0.29, 0.717) is 0 Å². The summed E-state index contributed by atoms with van der Waals surface area (Å²) >= 11 is 0. The zero-order chi connectivity index (χ0) is 29.1. The highest BCUT2D eigenvalue weighted by molar-refractivity contribution is 6.50. The van der Waals surface area contributed by atoms with Crippen LogP contribution in [0.3, 0.4) is 0 Å². The highest BCUT2D eigenvalue weighted by Gasteiger charge is 2.42. The zero-order valence-electron chi connectivity index (χ0n) is 23.3. The molecule has 2 nitrogen and oxygen atoms in total. The minimum Gasteiger partial charge on any atom is -0.457 e. The van der Waals surface area contributed by atoms with Gasteiger partial charge in [0.05, 0.1) is 5.41 Å². The fourth-order valence-corrected chi connectivity index (χ4v) is 4.91. The van der Waals surface area contributed by atoms with E-state index >= 15 is 0 Å². The van der Waals surface area contributed by atoms with Crippen LogP contribution in [0.15, 0.2) is 109 Å². The molecule has 3 aromatic carbocycles. The minimum atomic E-state index is -6.00. The van der Waals surface area contributed by atoms with Crippen LogP contribution in [0.4, 0.5) is 23.0 Å². The third-order valence-electron chi connectivity index (χ3n) is 6.99. The van der Waals surface area contributed by atoms with Crippen LogP contribution in [-0.4, -0.2) is 24.6 Å². The van der Waals surface area contributed by atoms with Crippen LogP contribution in [0.1, 0.15) is 41.7 Å². The van der Waals surface area contributed by atoms with Crippen molar-refractivity contribution >= 4 is 30.0 Å². The molecule has 0 N–H and O–H groups in total. The molecule has 40 heavy (non-hydrogen) atoms. The molecule has 0 saturated carbocycles. The standard InChI is InChI=1S/C33H32NO.BF4/c1-23-13-17-25(18-14-23)27-21-28(35-31(22-27)26-19-15-24(2)16-20-26)9-8-12-32-33(3,4)29-10-6-7-11-30(29)34(32)5;2-1(3,4)5/h6-22H,1-5H3;/q+1;-1/b12-8+,28-9+;. The Labute approximate surface area is 233 Å². The quantitative estimate of drug-likeness (QED) is 0.181. The molecule has 7 heteroatoms. The van der Waals surface area contributed by atoms with Crippen LogP contribution in [0.5, 0.6) is 0 Å². The van der Waals surface area contributed by atoms with Crippen LogP contribution < -0.4 is 0 Å². The third-order valence-corrected chi connectivity index (χ3v) is 6.99. The van der Waals surface area contributed by atoms with Crippen molar-refractivity contribution in [2.45, 2.75) is 33.1 Å². The smallest absolute Gasteiger partial charge is 0.457 e. The number of aryl methyl sites for hydroxylation is 2. The first-order valence-corrected chi connectivity index (χ1v) is 13.0. The molecule has 0 fully saturated rings. The number of hydrogen-bond donors (Lipinski definition) is 0. The number of benzene rings is 3. The van der Waals surface area contributed by atoms with Crippen molar-refractivity contribution in [3.63, 3.8) is 0 Å². The summed E-state index contributed by atoms with van der Waals surface area (Å²) in [6.07, 6.45) is 10.6. The Morgan fingerprint density at radius 1 is 0.775 bits per heavy atom. The molecule has 5 rings (SSSR count). The minimum absolute atomic E-state index is 0.0520.